The first kappa shape index (κ1) is 20.7. The second-order valence-corrected chi connectivity index (χ2v) is 7.16. The first-order valence-electron chi connectivity index (χ1n) is 9.06. The molecule has 152 valence electrons. The Morgan fingerprint density at radius 1 is 0.966 bits per heavy atom. The molecule has 3 rings (SSSR count). The van der Waals surface area contributed by atoms with Crippen LogP contribution in [0.3, 0.4) is 0 Å². The Kier molecular flexibility index (Phi) is 6.72. The molecule has 3 aromatic rings. The smallest absolute Gasteiger partial charge is 0.291 e. The molecule has 0 fully saturated rings. The lowest BCUT2D eigenvalue weighted by molar-refractivity contribution is 0.0991. The molecular formula is C22H23NO5S. The third kappa shape index (κ3) is 4.86. The fourth-order valence-corrected chi connectivity index (χ4v) is 3.48. The fraction of sp³-hybridized carbons (Fsp3) is 0.227. The largest absolute Gasteiger partial charge is 0.496 e. The molecule has 0 radical (unpaired) electrons. The van der Waals surface area contributed by atoms with E-state index in [1.54, 1.807) is 31.4 Å². The minimum atomic E-state index is -0.403. The minimum Gasteiger partial charge on any atom is -0.496 e. The molecule has 1 aromatic heterocycles. The number of carbonyl (C=O) groups is 1. The van der Waals surface area contributed by atoms with Crippen LogP contribution in [-0.2, 0) is 6.42 Å². The second kappa shape index (κ2) is 9.43. The van der Waals surface area contributed by atoms with E-state index in [-0.39, 0.29) is 5.76 Å². The predicted molar refractivity (Wildman–Crippen MR) is 113 cm³/mol. The van der Waals surface area contributed by atoms with Crippen molar-refractivity contribution in [3.05, 3.63) is 59.9 Å². The molecule has 1 amide bonds. The molecule has 7 heteroatoms. The van der Waals surface area contributed by atoms with Gasteiger partial charge in [-0.05, 0) is 36.2 Å². The van der Waals surface area contributed by atoms with Gasteiger partial charge in [-0.3, -0.25) is 4.79 Å². The number of carbonyl (C=O) groups excluding carboxylic acids is 1. The maximum atomic E-state index is 12.7. The van der Waals surface area contributed by atoms with Crippen LogP contribution in [0.1, 0.15) is 23.0 Å². The molecule has 29 heavy (non-hydrogen) atoms. The molecule has 0 aliphatic rings. The van der Waals surface area contributed by atoms with E-state index in [2.05, 4.69) is 24.4 Å². The fourth-order valence-electron chi connectivity index (χ4n) is 2.71. The van der Waals surface area contributed by atoms with Gasteiger partial charge in [0.1, 0.15) is 22.9 Å². The van der Waals surface area contributed by atoms with E-state index in [0.29, 0.717) is 28.0 Å². The van der Waals surface area contributed by atoms with Gasteiger partial charge in [-0.1, -0.05) is 30.8 Å². The van der Waals surface area contributed by atoms with E-state index in [9.17, 15) is 4.79 Å². The van der Waals surface area contributed by atoms with Gasteiger partial charge in [0.25, 0.3) is 5.91 Å². The number of hydrogen-bond acceptors (Lipinski definition) is 6. The van der Waals surface area contributed by atoms with E-state index < -0.39 is 5.91 Å². The number of amides is 1. The number of aryl methyl sites for hydroxylation is 1. The lowest BCUT2D eigenvalue weighted by atomic mass is 10.2. The van der Waals surface area contributed by atoms with Crippen molar-refractivity contribution in [2.24, 2.45) is 0 Å². The summed E-state index contributed by atoms with van der Waals surface area (Å²) in [5.41, 5.74) is 1.68. The molecule has 0 aliphatic carbocycles. The third-order valence-electron chi connectivity index (χ3n) is 4.31. The van der Waals surface area contributed by atoms with Crippen LogP contribution in [0.4, 0.5) is 5.69 Å². The topological polar surface area (TPSA) is 69.9 Å². The van der Waals surface area contributed by atoms with Gasteiger partial charge in [-0.15, -0.1) is 0 Å². The van der Waals surface area contributed by atoms with Gasteiger partial charge in [0.05, 0.1) is 21.3 Å². The van der Waals surface area contributed by atoms with Crippen LogP contribution < -0.4 is 19.5 Å². The molecule has 0 saturated carbocycles. The van der Waals surface area contributed by atoms with Crippen LogP contribution in [0, 0.1) is 0 Å². The van der Waals surface area contributed by atoms with Crippen LogP contribution in [0.25, 0.3) is 0 Å². The van der Waals surface area contributed by atoms with Crippen molar-refractivity contribution >= 4 is 23.4 Å². The lowest BCUT2D eigenvalue weighted by Gasteiger charge is -2.15. The van der Waals surface area contributed by atoms with Crippen LogP contribution in [0.15, 0.2) is 62.9 Å². The molecule has 0 saturated heterocycles. The zero-order valence-corrected chi connectivity index (χ0v) is 17.6. The zero-order chi connectivity index (χ0) is 20.8. The molecule has 1 N–H and O–H groups in total. The van der Waals surface area contributed by atoms with Crippen molar-refractivity contribution in [3.8, 4) is 17.2 Å². The Hall–Kier alpha value is -3.06. The molecule has 2 aromatic carbocycles. The third-order valence-corrected chi connectivity index (χ3v) is 5.24. The summed E-state index contributed by atoms with van der Waals surface area (Å²) in [6.07, 6.45) is 0.994. The van der Waals surface area contributed by atoms with Crippen molar-refractivity contribution < 1.29 is 23.4 Å². The SMILES string of the molecule is CCc1ccc(Sc2ccc(C(=O)Nc3c(OC)cc(OC)cc3OC)o2)cc1. The van der Waals surface area contributed by atoms with E-state index >= 15 is 0 Å². The van der Waals surface area contributed by atoms with E-state index in [4.69, 9.17) is 18.6 Å². The summed E-state index contributed by atoms with van der Waals surface area (Å²) in [5.74, 6) is 1.19. The highest BCUT2D eigenvalue weighted by atomic mass is 32.2. The average molecular weight is 413 g/mol. The minimum absolute atomic E-state index is 0.192. The average Bonchev–Trinajstić information content (AvgIpc) is 3.22. The van der Waals surface area contributed by atoms with Crippen molar-refractivity contribution in [2.45, 2.75) is 23.3 Å². The van der Waals surface area contributed by atoms with Crippen LogP contribution in [0.5, 0.6) is 17.2 Å². The summed E-state index contributed by atoms with van der Waals surface area (Å²) in [4.78, 5) is 13.7. The van der Waals surface area contributed by atoms with Crippen LogP contribution >= 0.6 is 11.8 Å². The summed E-state index contributed by atoms with van der Waals surface area (Å²) in [6, 6.07) is 15.0. The van der Waals surface area contributed by atoms with Crippen LogP contribution in [0.2, 0.25) is 0 Å². The number of rotatable bonds is 8. The highest BCUT2D eigenvalue weighted by Crippen LogP contribution is 2.39. The number of hydrogen-bond donors (Lipinski definition) is 1. The van der Waals surface area contributed by atoms with Crippen molar-refractivity contribution in [3.63, 3.8) is 0 Å². The molecule has 6 nitrogen and oxygen atoms in total. The predicted octanol–water partition coefficient (Wildman–Crippen LogP) is 5.27. The van der Waals surface area contributed by atoms with Crippen molar-refractivity contribution in [2.75, 3.05) is 26.6 Å². The van der Waals surface area contributed by atoms with Gasteiger partial charge in [0.15, 0.2) is 10.9 Å². The van der Waals surface area contributed by atoms with Gasteiger partial charge >= 0.3 is 0 Å². The van der Waals surface area contributed by atoms with Gasteiger partial charge in [0.2, 0.25) is 0 Å². The van der Waals surface area contributed by atoms with Crippen molar-refractivity contribution in [1.29, 1.82) is 0 Å². The van der Waals surface area contributed by atoms with Gasteiger partial charge < -0.3 is 23.9 Å². The second-order valence-electron chi connectivity index (χ2n) is 6.08. The summed E-state index contributed by atoms with van der Waals surface area (Å²) in [6.45, 7) is 2.12. The number of methoxy groups -OCH3 is 3. The number of ether oxygens (including phenoxy) is 3. The number of benzene rings is 2. The monoisotopic (exact) mass is 413 g/mol. The Labute approximate surface area is 174 Å². The van der Waals surface area contributed by atoms with Crippen LogP contribution in [-0.4, -0.2) is 27.2 Å². The normalized spacial score (nSPS) is 10.5. The molecule has 0 spiro atoms. The standard InChI is InChI=1S/C22H23NO5S/c1-5-14-6-8-16(9-7-14)29-20-11-10-17(28-20)22(24)23-21-18(26-3)12-15(25-2)13-19(21)27-4/h6-13H,5H2,1-4H3,(H,23,24). The zero-order valence-electron chi connectivity index (χ0n) is 16.8. The van der Waals surface area contributed by atoms with E-state index in [0.717, 1.165) is 11.3 Å². The Morgan fingerprint density at radius 3 is 2.17 bits per heavy atom. The first-order valence-corrected chi connectivity index (χ1v) is 9.87. The summed E-state index contributed by atoms with van der Waals surface area (Å²) in [7, 11) is 4.56. The van der Waals surface area contributed by atoms with Gasteiger partial charge in [0, 0.05) is 17.0 Å². The van der Waals surface area contributed by atoms with Gasteiger partial charge in [-0.25, -0.2) is 0 Å². The molecule has 0 aliphatic heterocycles. The maximum absolute atomic E-state index is 12.7. The number of anilines is 1. The van der Waals surface area contributed by atoms with Crippen molar-refractivity contribution in [1.82, 2.24) is 0 Å². The van der Waals surface area contributed by atoms with E-state index in [1.165, 1.54) is 31.5 Å². The molecule has 0 unspecified atom stereocenters. The van der Waals surface area contributed by atoms with Gasteiger partial charge in [-0.2, -0.15) is 0 Å². The number of nitrogens with one attached hydrogen (secondary N) is 1. The lowest BCUT2D eigenvalue weighted by Crippen LogP contribution is -2.13. The first-order chi connectivity index (χ1) is 14.1. The maximum Gasteiger partial charge on any atom is 0.291 e. The molecular weight excluding hydrogens is 390 g/mol. The van der Waals surface area contributed by atoms with E-state index in [1.807, 2.05) is 12.1 Å². The Balaban J connectivity index is 1.76. The molecule has 1 heterocycles. The summed E-state index contributed by atoms with van der Waals surface area (Å²) < 4.78 is 21.7. The quantitative estimate of drug-likeness (QED) is 0.542. The highest BCUT2D eigenvalue weighted by molar-refractivity contribution is 7.99. The summed E-state index contributed by atoms with van der Waals surface area (Å²) >= 11 is 1.46. The summed E-state index contributed by atoms with van der Waals surface area (Å²) in [5, 5.41) is 3.43. The Morgan fingerprint density at radius 2 is 1.62 bits per heavy atom. The highest BCUT2D eigenvalue weighted by Gasteiger charge is 2.19. The number of furan rings is 1. The Bertz CT molecular complexity index is 956. The molecule has 0 atom stereocenters. The molecule has 0 bridgehead atoms.